The maximum atomic E-state index is 13.4. The van der Waals surface area contributed by atoms with Gasteiger partial charge in [-0.15, -0.1) is 0 Å². The Morgan fingerprint density at radius 1 is 0.957 bits per heavy atom. The van der Waals surface area contributed by atoms with Crippen molar-refractivity contribution in [3.05, 3.63) is 28.0 Å². The lowest BCUT2D eigenvalue weighted by atomic mass is 10.0. The third kappa shape index (κ3) is 3.15. The lowest BCUT2D eigenvalue weighted by Crippen LogP contribution is -2.50. The zero-order chi connectivity index (χ0) is 18.4. The number of halogens is 11. The number of nitriles is 1. The molecule has 1 heterocycles. The van der Waals surface area contributed by atoms with Crippen molar-refractivity contribution in [1.82, 2.24) is 4.98 Å². The predicted molar refractivity (Wildman–Crippen MR) is 53.9 cm³/mol. The summed E-state index contributed by atoms with van der Waals surface area (Å²) < 4.78 is 126. The van der Waals surface area contributed by atoms with Crippen LogP contribution in [0.5, 0.6) is 0 Å². The molecule has 0 fully saturated rings. The van der Waals surface area contributed by atoms with Crippen molar-refractivity contribution in [2.24, 2.45) is 0 Å². The van der Waals surface area contributed by atoms with Crippen LogP contribution in [0.4, 0.5) is 43.9 Å². The highest BCUT2D eigenvalue weighted by Gasteiger charge is 2.74. The van der Waals surface area contributed by atoms with E-state index in [2.05, 4.69) is 4.98 Å². The number of nitrogens with zero attached hydrogens (tertiary/aromatic N) is 2. The van der Waals surface area contributed by atoms with Crippen LogP contribution in [0.1, 0.15) is 16.8 Å². The summed E-state index contributed by atoms with van der Waals surface area (Å²) in [6.07, 6.45) is -12.3. The maximum absolute atomic E-state index is 13.4. The van der Waals surface area contributed by atoms with Crippen LogP contribution in [0, 0.1) is 11.3 Å². The summed E-state index contributed by atoms with van der Waals surface area (Å²) in [7, 11) is 0. The molecule has 1 aromatic heterocycles. The summed E-state index contributed by atoms with van der Waals surface area (Å²) in [4.78, 5) is 2.38. The molecule has 2 nitrogen and oxygen atoms in total. The molecule has 0 radical (unpaired) electrons. The Morgan fingerprint density at radius 2 is 1.43 bits per heavy atom. The molecule has 0 amide bonds. The van der Waals surface area contributed by atoms with Gasteiger partial charge >= 0.3 is 24.2 Å². The summed E-state index contributed by atoms with van der Waals surface area (Å²) in [6.45, 7) is 0. The average molecular weight is 375 g/mol. The van der Waals surface area contributed by atoms with Gasteiger partial charge in [0.15, 0.2) is 0 Å². The summed E-state index contributed by atoms with van der Waals surface area (Å²) in [5, 5.41) is 6.87. The monoisotopic (exact) mass is 374 g/mol. The van der Waals surface area contributed by atoms with Crippen molar-refractivity contribution < 1.29 is 43.9 Å². The quantitative estimate of drug-likeness (QED) is 0.544. The lowest BCUT2D eigenvalue weighted by molar-refractivity contribution is -0.360. The Bertz CT molecular complexity index is 655. The van der Waals surface area contributed by atoms with Crippen molar-refractivity contribution in [2.45, 2.75) is 24.2 Å². The van der Waals surface area contributed by atoms with Gasteiger partial charge in [0.1, 0.15) is 22.5 Å². The van der Waals surface area contributed by atoms with Gasteiger partial charge in [-0.05, 0) is 6.07 Å². The predicted octanol–water partition coefficient (Wildman–Crippen LogP) is 4.91. The van der Waals surface area contributed by atoms with Gasteiger partial charge in [0.2, 0.25) is 0 Å². The second kappa shape index (κ2) is 5.40. The molecule has 0 aliphatic carbocycles. The van der Waals surface area contributed by atoms with Crippen LogP contribution < -0.4 is 0 Å². The number of aromatic nitrogens is 1. The van der Waals surface area contributed by atoms with Crippen molar-refractivity contribution in [3.8, 4) is 6.07 Å². The smallest absolute Gasteiger partial charge is 0.233 e. The second-order valence-corrected chi connectivity index (χ2v) is 4.33. The van der Waals surface area contributed by atoms with E-state index < -0.39 is 52.2 Å². The Hall–Kier alpha value is -1.77. The molecular formula is C10HClF10N2. The Balaban J connectivity index is 3.70. The van der Waals surface area contributed by atoms with Crippen molar-refractivity contribution >= 4 is 11.6 Å². The van der Waals surface area contributed by atoms with Gasteiger partial charge in [-0.1, -0.05) is 11.6 Å². The van der Waals surface area contributed by atoms with Crippen LogP contribution in [0.25, 0.3) is 0 Å². The molecule has 0 saturated heterocycles. The van der Waals surface area contributed by atoms with Crippen molar-refractivity contribution in [2.75, 3.05) is 0 Å². The Labute approximate surface area is 125 Å². The van der Waals surface area contributed by atoms with Gasteiger partial charge in [0.05, 0.1) is 5.56 Å². The van der Waals surface area contributed by atoms with E-state index in [0.717, 1.165) is 6.07 Å². The fraction of sp³-hybridized carbons (Fsp3) is 0.400. The topological polar surface area (TPSA) is 36.7 Å². The van der Waals surface area contributed by atoms with E-state index in [4.69, 9.17) is 16.9 Å². The summed E-state index contributed by atoms with van der Waals surface area (Å²) in [6, 6.07) is 0.0753. The van der Waals surface area contributed by atoms with Crippen LogP contribution in [-0.4, -0.2) is 17.1 Å². The molecule has 0 unspecified atom stereocenters. The van der Waals surface area contributed by atoms with E-state index in [1.807, 2.05) is 0 Å². The molecule has 0 spiro atoms. The molecule has 1 rings (SSSR count). The maximum Gasteiger partial charge on any atom is 0.460 e. The first-order chi connectivity index (χ1) is 10.1. The molecule has 128 valence electrons. The van der Waals surface area contributed by atoms with Gasteiger partial charge in [0.25, 0.3) is 0 Å². The molecule has 0 atom stereocenters. The molecule has 0 aliphatic heterocycles. The second-order valence-electron chi connectivity index (χ2n) is 3.98. The van der Waals surface area contributed by atoms with Crippen LogP contribution in [0.15, 0.2) is 6.07 Å². The van der Waals surface area contributed by atoms with E-state index in [-0.39, 0.29) is 0 Å². The van der Waals surface area contributed by atoms with E-state index in [1.165, 1.54) is 0 Å². The fourth-order valence-corrected chi connectivity index (χ4v) is 1.58. The number of hydrogen-bond acceptors (Lipinski definition) is 2. The molecule has 0 aliphatic rings. The minimum Gasteiger partial charge on any atom is -0.233 e. The van der Waals surface area contributed by atoms with Gasteiger partial charge in [-0.2, -0.15) is 49.2 Å². The molecule has 0 bridgehead atoms. The van der Waals surface area contributed by atoms with Crippen LogP contribution in [-0.2, 0) is 12.1 Å². The third-order valence-electron chi connectivity index (χ3n) is 2.46. The van der Waals surface area contributed by atoms with Gasteiger partial charge in [0, 0.05) is 0 Å². The zero-order valence-electron chi connectivity index (χ0n) is 10.1. The minimum atomic E-state index is -6.77. The average Bonchev–Trinajstić information content (AvgIpc) is 2.34. The largest absolute Gasteiger partial charge is 0.460 e. The SMILES string of the molecule is N#Cc1c(C(F)(F)F)cc(C(F)(F)C(F)(F)C(F)(F)F)nc1Cl. The molecule has 0 saturated carbocycles. The van der Waals surface area contributed by atoms with Crippen LogP contribution in [0.2, 0.25) is 5.15 Å². The molecule has 1 aromatic rings. The van der Waals surface area contributed by atoms with Crippen molar-refractivity contribution in [1.29, 1.82) is 5.26 Å². The van der Waals surface area contributed by atoms with E-state index >= 15 is 0 Å². The first-order valence-corrected chi connectivity index (χ1v) is 5.45. The number of alkyl halides is 10. The number of pyridine rings is 1. The normalized spacial score (nSPS) is 13.8. The fourth-order valence-electron chi connectivity index (χ4n) is 1.34. The highest BCUT2D eigenvalue weighted by atomic mass is 35.5. The van der Waals surface area contributed by atoms with E-state index in [0.29, 0.717) is 0 Å². The summed E-state index contributed by atoms with van der Waals surface area (Å²) in [5.74, 6) is -12.9. The molecular weight excluding hydrogens is 374 g/mol. The van der Waals surface area contributed by atoms with Gasteiger partial charge in [-0.25, -0.2) is 4.98 Å². The lowest BCUT2D eigenvalue weighted by Gasteiger charge is -2.28. The highest BCUT2D eigenvalue weighted by Crippen LogP contribution is 2.52. The third-order valence-corrected chi connectivity index (χ3v) is 2.74. The molecule has 23 heavy (non-hydrogen) atoms. The first kappa shape index (κ1) is 19.3. The first-order valence-electron chi connectivity index (χ1n) is 5.08. The molecule has 0 N–H and O–H groups in total. The summed E-state index contributed by atoms with van der Waals surface area (Å²) >= 11 is 5.02. The highest BCUT2D eigenvalue weighted by molar-refractivity contribution is 6.30. The molecule has 13 heteroatoms. The molecule has 0 aromatic carbocycles. The van der Waals surface area contributed by atoms with Crippen LogP contribution in [0.3, 0.4) is 0 Å². The Morgan fingerprint density at radius 3 is 1.78 bits per heavy atom. The van der Waals surface area contributed by atoms with Gasteiger partial charge < -0.3 is 0 Å². The standard InChI is InChI=1S/C10HClF10N2/c11-6-3(2-22)4(8(14,15)16)1-5(23-6)7(12,13)9(17,18)10(19,20)21/h1H. The van der Waals surface area contributed by atoms with Crippen LogP contribution >= 0.6 is 11.6 Å². The van der Waals surface area contributed by atoms with Gasteiger partial charge in [-0.3, -0.25) is 0 Å². The number of hydrogen-bond donors (Lipinski definition) is 0. The van der Waals surface area contributed by atoms with Crippen molar-refractivity contribution in [3.63, 3.8) is 0 Å². The minimum absolute atomic E-state index is 0.774. The van der Waals surface area contributed by atoms with E-state index in [9.17, 15) is 43.9 Å². The van der Waals surface area contributed by atoms with E-state index in [1.54, 1.807) is 0 Å². The number of rotatable bonds is 2. The zero-order valence-corrected chi connectivity index (χ0v) is 10.9. The Kier molecular flexibility index (Phi) is 4.52. The summed E-state index contributed by atoms with van der Waals surface area (Å²) in [5.41, 5.74) is -6.28.